The molecule has 0 spiro atoms. The van der Waals surface area contributed by atoms with Gasteiger partial charge in [-0.1, -0.05) is 6.07 Å². The number of fused-ring (bicyclic) bond motifs is 1. The zero-order chi connectivity index (χ0) is 14.8. The number of hydrogen-bond acceptors (Lipinski definition) is 4. The average Bonchev–Trinajstić information content (AvgIpc) is 2.53. The maximum absolute atomic E-state index is 10.9. The van der Waals surface area contributed by atoms with E-state index < -0.39 is 6.09 Å². The minimum absolute atomic E-state index is 0.412. The van der Waals surface area contributed by atoms with Crippen molar-refractivity contribution in [2.45, 2.75) is 0 Å². The van der Waals surface area contributed by atoms with Crippen LogP contribution in [-0.2, 0) is 0 Å². The molecule has 2 aromatic rings. The number of aldehydes is 1. The van der Waals surface area contributed by atoms with Crippen LogP contribution in [0.1, 0.15) is 10.5 Å². The minimum Gasteiger partial charge on any atom is -0.465 e. The summed E-state index contributed by atoms with van der Waals surface area (Å²) in [6, 6.07) is 9.38. The van der Waals surface area contributed by atoms with Crippen molar-refractivity contribution in [3.63, 3.8) is 0 Å². The number of nitrogens with zero attached hydrogens (tertiary/aromatic N) is 3. The molecule has 1 aromatic heterocycles. The molecule has 1 N–H and O–H groups in total. The van der Waals surface area contributed by atoms with Gasteiger partial charge in [-0.2, -0.15) is 0 Å². The summed E-state index contributed by atoms with van der Waals surface area (Å²) >= 11 is 0. The minimum atomic E-state index is -0.870. The Hall–Kier alpha value is -2.63. The van der Waals surface area contributed by atoms with Crippen LogP contribution >= 0.6 is 0 Å². The fourth-order valence-electron chi connectivity index (χ4n) is 2.63. The summed E-state index contributed by atoms with van der Waals surface area (Å²) < 4.78 is 0. The molecular weight excluding hydrogens is 270 g/mol. The van der Waals surface area contributed by atoms with Gasteiger partial charge in [0.05, 0.1) is 5.52 Å². The van der Waals surface area contributed by atoms with Crippen LogP contribution in [0.15, 0.2) is 30.3 Å². The number of carbonyl (C=O) groups excluding carboxylic acids is 1. The fraction of sp³-hybridized carbons (Fsp3) is 0.267. The lowest BCUT2D eigenvalue weighted by Crippen LogP contribution is -2.48. The standard InChI is InChI=1S/C15H15N3O3/c19-10-11-4-5-12-13(16-11)2-1-3-14(12)17-6-8-18(9-7-17)15(20)21/h1-5,10H,6-9H2,(H,20,21). The Labute approximate surface area is 121 Å². The third kappa shape index (κ3) is 2.52. The Morgan fingerprint density at radius 3 is 2.57 bits per heavy atom. The van der Waals surface area contributed by atoms with Gasteiger partial charge in [0, 0.05) is 37.3 Å². The van der Waals surface area contributed by atoms with E-state index in [1.807, 2.05) is 24.3 Å². The first-order valence-corrected chi connectivity index (χ1v) is 6.77. The molecule has 0 unspecified atom stereocenters. The summed E-state index contributed by atoms with van der Waals surface area (Å²) in [5, 5.41) is 9.97. The Kier molecular flexibility index (Phi) is 3.43. The molecular formula is C15H15N3O3. The fourth-order valence-corrected chi connectivity index (χ4v) is 2.63. The van der Waals surface area contributed by atoms with Crippen molar-refractivity contribution in [1.82, 2.24) is 9.88 Å². The highest BCUT2D eigenvalue weighted by Gasteiger charge is 2.21. The lowest BCUT2D eigenvalue weighted by atomic mass is 10.1. The van der Waals surface area contributed by atoms with Crippen molar-refractivity contribution in [3.05, 3.63) is 36.0 Å². The van der Waals surface area contributed by atoms with E-state index in [-0.39, 0.29) is 0 Å². The summed E-state index contributed by atoms with van der Waals surface area (Å²) in [5.74, 6) is 0. The van der Waals surface area contributed by atoms with E-state index in [0.29, 0.717) is 31.9 Å². The van der Waals surface area contributed by atoms with Gasteiger partial charge in [-0.05, 0) is 24.3 Å². The molecule has 0 bridgehead atoms. The van der Waals surface area contributed by atoms with Gasteiger partial charge in [0.2, 0.25) is 0 Å². The molecule has 108 valence electrons. The van der Waals surface area contributed by atoms with Crippen LogP contribution in [-0.4, -0.2) is 53.5 Å². The second kappa shape index (κ2) is 5.40. The van der Waals surface area contributed by atoms with E-state index in [2.05, 4.69) is 9.88 Å². The summed E-state index contributed by atoms with van der Waals surface area (Å²) in [6.07, 6.45) is -0.137. The highest BCUT2D eigenvalue weighted by atomic mass is 16.4. The highest BCUT2D eigenvalue weighted by Crippen LogP contribution is 2.26. The molecule has 6 nitrogen and oxygen atoms in total. The topological polar surface area (TPSA) is 73.7 Å². The highest BCUT2D eigenvalue weighted by molar-refractivity contribution is 5.93. The summed E-state index contributed by atoms with van der Waals surface area (Å²) in [7, 11) is 0. The van der Waals surface area contributed by atoms with Crippen LogP contribution in [0.3, 0.4) is 0 Å². The Balaban J connectivity index is 1.91. The molecule has 1 amide bonds. The molecule has 0 atom stereocenters. The van der Waals surface area contributed by atoms with E-state index >= 15 is 0 Å². The zero-order valence-corrected chi connectivity index (χ0v) is 11.4. The largest absolute Gasteiger partial charge is 0.465 e. The predicted molar refractivity (Wildman–Crippen MR) is 78.9 cm³/mol. The summed E-state index contributed by atoms with van der Waals surface area (Å²) in [4.78, 5) is 29.6. The van der Waals surface area contributed by atoms with Gasteiger partial charge < -0.3 is 14.9 Å². The lowest BCUT2D eigenvalue weighted by molar-refractivity contribution is 0.111. The quantitative estimate of drug-likeness (QED) is 0.852. The molecule has 6 heteroatoms. The smallest absolute Gasteiger partial charge is 0.407 e. The van der Waals surface area contributed by atoms with Crippen molar-refractivity contribution >= 4 is 29.0 Å². The Morgan fingerprint density at radius 2 is 1.90 bits per heavy atom. The molecule has 2 heterocycles. The number of aromatic nitrogens is 1. The normalized spacial score (nSPS) is 15.2. The predicted octanol–water partition coefficient (Wildman–Crippen LogP) is 1.85. The lowest BCUT2D eigenvalue weighted by Gasteiger charge is -2.35. The molecule has 1 aliphatic rings. The molecule has 3 rings (SSSR count). The van der Waals surface area contributed by atoms with Crippen molar-refractivity contribution in [2.75, 3.05) is 31.1 Å². The van der Waals surface area contributed by atoms with E-state index in [0.717, 1.165) is 22.9 Å². The van der Waals surface area contributed by atoms with Crippen LogP contribution in [0.2, 0.25) is 0 Å². The number of rotatable bonds is 2. The SMILES string of the molecule is O=Cc1ccc2c(N3CCN(C(=O)O)CC3)cccc2n1. The van der Waals surface area contributed by atoms with Crippen LogP contribution < -0.4 is 4.90 Å². The monoisotopic (exact) mass is 285 g/mol. The molecule has 0 aliphatic carbocycles. The number of amides is 1. The van der Waals surface area contributed by atoms with Gasteiger partial charge in [0.15, 0.2) is 6.29 Å². The Morgan fingerprint density at radius 1 is 1.14 bits per heavy atom. The van der Waals surface area contributed by atoms with Crippen LogP contribution in [0.25, 0.3) is 10.9 Å². The number of benzene rings is 1. The van der Waals surface area contributed by atoms with Gasteiger partial charge in [-0.3, -0.25) is 4.79 Å². The summed E-state index contributed by atoms with van der Waals surface area (Å²) in [6.45, 7) is 2.29. The number of anilines is 1. The number of piperazine rings is 1. The van der Waals surface area contributed by atoms with Crippen molar-refractivity contribution in [2.24, 2.45) is 0 Å². The van der Waals surface area contributed by atoms with Crippen LogP contribution in [0.5, 0.6) is 0 Å². The van der Waals surface area contributed by atoms with Gasteiger partial charge in [-0.25, -0.2) is 9.78 Å². The van der Waals surface area contributed by atoms with Gasteiger partial charge in [0.1, 0.15) is 5.69 Å². The number of carboxylic acid groups (broad SMARTS) is 1. The number of hydrogen-bond donors (Lipinski definition) is 1. The first kappa shape index (κ1) is 13.4. The molecule has 0 saturated carbocycles. The van der Waals surface area contributed by atoms with E-state index in [9.17, 15) is 9.59 Å². The third-order valence-corrected chi connectivity index (χ3v) is 3.74. The van der Waals surface area contributed by atoms with E-state index in [4.69, 9.17) is 5.11 Å². The van der Waals surface area contributed by atoms with Gasteiger partial charge >= 0.3 is 6.09 Å². The third-order valence-electron chi connectivity index (χ3n) is 3.74. The van der Waals surface area contributed by atoms with Crippen molar-refractivity contribution in [3.8, 4) is 0 Å². The van der Waals surface area contributed by atoms with Gasteiger partial charge in [-0.15, -0.1) is 0 Å². The van der Waals surface area contributed by atoms with E-state index in [1.54, 1.807) is 6.07 Å². The first-order chi connectivity index (χ1) is 10.2. The van der Waals surface area contributed by atoms with Crippen molar-refractivity contribution < 1.29 is 14.7 Å². The average molecular weight is 285 g/mol. The van der Waals surface area contributed by atoms with Crippen LogP contribution in [0.4, 0.5) is 10.5 Å². The number of carbonyl (C=O) groups is 2. The molecule has 21 heavy (non-hydrogen) atoms. The second-order valence-corrected chi connectivity index (χ2v) is 4.95. The van der Waals surface area contributed by atoms with Crippen LogP contribution in [0, 0.1) is 0 Å². The molecule has 1 aliphatic heterocycles. The molecule has 1 fully saturated rings. The van der Waals surface area contributed by atoms with Crippen molar-refractivity contribution in [1.29, 1.82) is 0 Å². The maximum Gasteiger partial charge on any atom is 0.407 e. The molecule has 1 aromatic carbocycles. The molecule has 0 radical (unpaired) electrons. The second-order valence-electron chi connectivity index (χ2n) is 4.95. The first-order valence-electron chi connectivity index (χ1n) is 6.77. The summed E-state index contributed by atoms with van der Waals surface area (Å²) in [5.41, 5.74) is 2.22. The molecule has 1 saturated heterocycles. The number of pyridine rings is 1. The zero-order valence-electron chi connectivity index (χ0n) is 11.4. The van der Waals surface area contributed by atoms with E-state index in [1.165, 1.54) is 4.90 Å². The Bertz CT molecular complexity index is 694. The van der Waals surface area contributed by atoms with Gasteiger partial charge in [0.25, 0.3) is 0 Å². The maximum atomic E-state index is 10.9.